The number of carbonyl (C=O) groups is 2. The number of aromatic nitrogens is 1. The summed E-state index contributed by atoms with van der Waals surface area (Å²) in [6, 6.07) is 20.1. The van der Waals surface area contributed by atoms with Gasteiger partial charge in [-0.3, -0.25) is 9.59 Å². The second kappa shape index (κ2) is 11.8. The molecule has 2 aliphatic carbocycles. The Morgan fingerprint density at radius 2 is 1.63 bits per heavy atom. The van der Waals surface area contributed by atoms with Gasteiger partial charge < -0.3 is 19.9 Å². The highest BCUT2D eigenvalue weighted by Crippen LogP contribution is 2.67. The fraction of sp³-hybridized carbons (Fsp3) is 0.405. The molecule has 4 aromatic rings. The fourth-order valence-electron chi connectivity index (χ4n) is 7.66. The molecule has 2 aliphatic rings. The fourth-order valence-corrected chi connectivity index (χ4v) is 7.66. The number of aryl methyl sites for hydroxylation is 1. The number of methoxy groups -OCH3 is 1. The van der Waals surface area contributed by atoms with Crippen molar-refractivity contribution in [2.75, 3.05) is 12.4 Å². The Balaban J connectivity index is 1.32. The molecule has 2 amide bonds. The van der Waals surface area contributed by atoms with Gasteiger partial charge in [0.25, 0.3) is 0 Å². The number of nitrogens with zero attached hydrogens (tertiary/aromatic N) is 1. The Hall–Kier alpha value is -4.27. The molecular formula is C37H40F3N3O3. The zero-order valence-electron chi connectivity index (χ0n) is 26.6. The third-order valence-electron chi connectivity index (χ3n) is 10.3. The van der Waals surface area contributed by atoms with Crippen molar-refractivity contribution in [1.82, 2.24) is 9.88 Å². The van der Waals surface area contributed by atoms with Crippen LogP contribution in [0.3, 0.4) is 0 Å². The van der Waals surface area contributed by atoms with Gasteiger partial charge in [0, 0.05) is 35.2 Å². The first-order chi connectivity index (χ1) is 21.8. The highest BCUT2D eigenvalue weighted by molar-refractivity contribution is 6.01. The Morgan fingerprint density at radius 3 is 2.26 bits per heavy atom. The molecule has 9 heteroatoms. The van der Waals surface area contributed by atoms with Gasteiger partial charge >= 0.3 is 6.18 Å². The molecule has 0 spiro atoms. The predicted molar refractivity (Wildman–Crippen MR) is 172 cm³/mol. The van der Waals surface area contributed by atoms with E-state index >= 15 is 0 Å². The van der Waals surface area contributed by atoms with E-state index in [-0.39, 0.29) is 42.0 Å². The first-order valence-electron chi connectivity index (χ1n) is 15.8. The van der Waals surface area contributed by atoms with Crippen LogP contribution in [0.4, 0.5) is 18.9 Å². The molecule has 0 bridgehead atoms. The van der Waals surface area contributed by atoms with Crippen molar-refractivity contribution in [3.8, 4) is 5.75 Å². The van der Waals surface area contributed by atoms with E-state index in [0.717, 1.165) is 41.6 Å². The number of amides is 2. The van der Waals surface area contributed by atoms with Crippen molar-refractivity contribution in [1.29, 1.82) is 0 Å². The van der Waals surface area contributed by atoms with E-state index in [0.29, 0.717) is 29.8 Å². The van der Waals surface area contributed by atoms with Gasteiger partial charge in [0.15, 0.2) is 0 Å². The maximum atomic E-state index is 14.5. The van der Waals surface area contributed by atoms with Crippen LogP contribution in [0, 0.1) is 18.3 Å². The number of para-hydroxylation sites is 1. The quantitative estimate of drug-likeness (QED) is 0.194. The largest absolute Gasteiger partial charge is 0.497 e. The summed E-state index contributed by atoms with van der Waals surface area (Å²) in [6.07, 6.45) is -1.76. The van der Waals surface area contributed by atoms with Crippen molar-refractivity contribution < 1.29 is 27.5 Å². The van der Waals surface area contributed by atoms with Gasteiger partial charge in [-0.1, -0.05) is 57.0 Å². The summed E-state index contributed by atoms with van der Waals surface area (Å²) < 4.78 is 45.3. The van der Waals surface area contributed by atoms with E-state index in [4.69, 9.17) is 4.74 Å². The van der Waals surface area contributed by atoms with Crippen molar-refractivity contribution in [3.63, 3.8) is 0 Å². The standard InChI is InChI=1S/C37H40F3N3O3/c1-23-32(28-9-5-6-10-30(28)41-23)33-29(35(33,2)3)21-31(44)43(22-24-11-13-25(14-12-24)37(38,39)40)36(19-7-8-20-36)34(45)42-26-15-17-27(46-4)18-16-26/h5-6,9-18,29,33,41H,7-8,19-22H2,1-4H3,(H,42,45). The number of fused-ring (bicyclic) bond motifs is 1. The lowest BCUT2D eigenvalue weighted by Crippen LogP contribution is -2.57. The lowest BCUT2D eigenvalue weighted by molar-refractivity contribution is -0.146. The Kier molecular flexibility index (Phi) is 8.15. The molecular weight excluding hydrogens is 591 g/mol. The summed E-state index contributed by atoms with van der Waals surface area (Å²) in [4.78, 5) is 33.9. The average molecular weight is 632 g/mol. The van der Waals surface area contributed by atoms with Gasteiger partial charge in [-0.15, -0.1) is 0 Å². The van der Waals surface area contributed by atoms with Gasteiger partial charge in [0.1, 0.15) is 11.3 Å². The summed E-state index contributed by atoms with van der Waals surface area (Å²) in [5.41, 5.74) is 2.46. The number of carbonyl (C=O) groups excluding carboxylic acids is 2. The number of hydrogen-bond donors (Lipinski definition) is 2. The number of anilines is 1. The summed E-state index contributed by atoms with van der Waals surface area (Å²) in [5.74, 6) is 0.392. The molecule has 2 unspecified atom stereocenters. The number of nitrogens with one attached hydrogen (secondary N) is 2. The number of benzene rings is 3. The summed E-state index contributed by atoms with van der Waals surface area (Å²) >= 11 is 0. The molecule has 0 saturated heterocycles. The van der Waals surface area contributed by atoms with Crippen molar-refractivity contribution in [2.24, 2.45) is 11.3 Å². The number of hydrogen-bond acceptors (Lipinski definition) is 3. The van der Waals surface area contributed by atoms with Crippen LogP contribution in [-0.2, 0) is 22.3 Å². The second-order valence-corrected chi connectivity index (χ2v) is 13.4. The second-order valence-electron chi connectivity index (χ2n) is 13.4. The third kappa shape index (κ3) is 5.76. The van der Waals surface area contributed by atoms with Gasteiger partial charge in [-0.05, 0) is 90.6 Å². The molecule has 242 valence electrons. The van der Waals surface area contributed by atoms with Crippen LogP contribution in [0.1, 0.15) is 74.3 Å². The van der Waals surface area contributed by atoms with E-state index in [1.807, 2.05) is 12.1 Å². The van der Waals surface area contributed by atoms with E-state index in [1.54, 1.807) is 36.3 Å². The molecule has 2 saturated carbocycles. The van der Waals surface area contributed by atoms with E-state index < -0.39 is 17.3 Å². The number of ether oxygens (including phenoxy) is 1. The minimum atomic E-state index is -4.47. The third-order valence-corrected chi connectivity index (χ3v) is 10.3. The number of aromatic amines is 1. The highest BCUT2D eigenvalue weighted by atomic mass is 19.4. The van der Waals surface area contributed by atoms with Crippen LogP contribution in [0.15, 0.2) is 72.8 Å². The van der Waals surface area contributed by atoms with Gasteiger partial charge in [0.05, 0.1) is 12.7 Å². The molecule has 2 N–H and O–H groups in total. The maximum absolute atomic E-state index is 14.5. The van der Waals surface area contributed by atoms with E-state index in [9.17, 15) is 22.8 Å². The summed E-state index contributed by atoms with van der Waals surface area (Å²) in [6.45, 7) is 6.46. The minimum absolute atomic E-state index is 0.0381. The Morgan fingerprint density at radius 1 is 0.978 bits per heavy atom. The molecule has 6 rings (SSSR count). The lowest BCUT2D eigenvalue weighted by atomic mass is 9.91. The normalized spacial score (nSPS) is 20.0. The average Bonchev–Trinajstić information content (AvgIpc) is 3.37. The molecule has 3 aromatic carbocycles. The maximum Gasteiger partial charge on any atom is 0.416 e. The summed E-state index contributed by atoms with van der Waals surface area (Å²) in [5, 5.41) is 4.18. The molecule has 1 aromatic heterocycles. The highest BCUT2D eigenvalue weighted by Gasteiger charge is 2.60. The topological polar surface area (TPSA) is 74.4 Å². The molecule has 6 nitrogen and oxygen atoms in total. The number of rotatable bonds is 9. The molecule has 2 atom stereocenters. The summed E-state index contributed by atoms with van der Waals surface area (Å²) in [7, 11) is 1.57. The van der Waals surface area contributed by atoms with Crippen LogP contribution in [0.2, 0.25) is 0 Å². The molecule has 0 radical (unpaired) electrons. The van der Waals surface area contributed by atoms with Gasteiger partial charge in [-0.25, -0.2) is 0 Å². The van der Waals surface area contributed by atoms with Crippen molar-refractivity contribution in [3.05, 3.63) is 95.2 Å². The number of alkyl halides is 3. The van der Waals surface area contributed by atoms with Gasteiger partial charge in [-0.2, -0.15) is 13.2 Å². The van der Waals surface area contributed by atoms with Crippen LogP contribution >= 0.6 is 0 Å². The smallest absolute Gasteiger partial charge is 0.416 e. The Bertz CT molecular complexity index is 1740. The first kappa shape index (κ1) is 31.7. The molecule has 1 heterocycles. The molecule has 0 aliphatic heterocycles. The SMILES string of the molecule is COc1ccc(NC(=O)C2(N(Cc3ccc(C(F)(F)F)cc3)C(=O)CC3C(c4c(C)[nH]c5ccccc45)C3(C)C)CCCC2)cc1. The van der Waals surface area contributed by atoms with Crippen LogP contribution in [-0.4, -0.2) is 34.3 Å². The first-order valence-corrected chi connectivity index (χ1v) is 15.8. The lowest BCUT2D eigenvalue weighted by Gasteiger charge is -2.40. The minimum Gasteiger partial charge on any atom is -0.497 e. The molecule has 2 fully saturated rings. The van der Waals surface area contributed by atoms with Crippen LogP contribution in [0.5, 0.6) is 5.75 Å². The predicted octanol–water partition coefficient (Wildman–Crippen LogP) is 8.61. The zero-order chi connectivity index (χ0) is 32.9. The zero-order valence-corrected chi connectivity index (χ0v) is 26.6. The van der Waals surface area contributed by atoms with Crippen molar-refractivity contribution >= 4 is 28.4 Å². The number of H-pyrrole nitrogens is 1. The van der Waals surface area contributed by atoms with E-state index in [1.165, 1.54) is 17.7 Å². The van der Waals surface area contributed by atoms with Gasteiger partial charge in [0.2, 0.25) is 11.8 Å². The van der Waals surface area contributed by atoms with E-state index in [2.05, 4.69) is 43.2 Å². The van der Waals surface area contributed by atoms with Crippen molar-refractivity contribution in [2.45, 2.75) is 77.1 Å². The monoisotopic (exact) mass is 631 g/mol. The Labute approximate surface area is 267 Å². The molecule has 46 heavy (non-hydrogen) atoms. The van der Waals surface area contributed by atoms with Crippen LogP contribution in [0.25, 0.3) is 10.9 Å². The number of halogens is 3. The van der Waals surface area contributed by atoms with Crippen LogP contribution < -0.4 is 10.1 Å².